The fourth-order valence-electron chi connectivity index (χ4n) is 2.74. The van der Waals surface area contributed by atoms with Crippen LogP contribution in [0.1, 0.15) is 16.2 Å². The molecule has 3 aromatic rings. The Hall–Kier alpha value is -1.64. The first-order valence-corrected chi connectivity index (χ1v) is 10.9. The number of fused-ring (bicyclic) bond motifs is 1. The lowest BCUT2D eigenvalue weighted by Crippen LogP contribution is -2.45. The van der Waals surface area contributed by atoms with Crippen LogP contribution in [0.5, 0.6) is 5.75 Å². The molecule has 0 fully saturated rings. The smallest absolute Gasteiger partial charge is 0.272 e. The Morgan fingerprint density at radius 3 is 2.62 bits per heavy atom. The standard InChI is InChI=1S/C18H12Cl4N4O2S/c19-11-2-4-13(21)15(8-11)28-9-16-23-24-18-26(16)25(5-6-29-18)17(27)10-1-3-12(20)14(22)7-10/h1-4,7-8H,5-6,9H2. The van der Waals surface area contributed by atoms with Crippen molar-refractivity contribution in [2.24, 2.45) is 0 Å². The normalized spacial score (nSPS) is 13.3. The van der Waals surface area contributed by atoms with Gasteiger partial charge in [-0.25, -0.2) is 9.69 Å². The Morgan fingerprint density at radius 1 is 1.03 bits per heavy atom. The molecule has 0 saturated carbocycles. The summed E-state index contributed by atoms with van der Waals surface area (Å²) in [6.07, 6.45) is 0. The molecule has 2 aromatic carbocycles. The molecule has 6 nitrogen and oxygen atoms in total. The molecule has 29 heavy (non-hydrogen) atoms. The number of carbonyl (C=O) groups excluding carboxylic acids is 1. The number of amides is 1. The van der Waals surface area contributed by atoms with Crippen molar-refractivity contribution in [1.29, 1.82) is 0 Å². The van der Waals surface area contributed by atoms with Gasteiger partial charge in [-0.15, -0.1) is 10.2 Å². The van der Waals surface area contributed by atoms with Crippen molar-refractivity contribution in [1.82, 2.24) is 14.9 Å². The summed E-state index contributed by atoms with van der Waals surface area (Å²) in [5.41, 5.74) is 0.413. The zero-order chi connectivity index (χ0) is 20.5. The molecule has 1 aromatic heterocycles. The fraction of sp³-hybridized carbons (Fsp3) is 0.167. The highest BCUT2D eigenvalue weighted by atomic mass is 35.5. The van der Waals surface area contributed by atoms with Gasteiger partial charge in [-0.1, -0.05) is 58.2 Å². The van der Waals surface area contributed by atoms with E-state index in [0.717, 1.165) is 0 Å². The Morgan fingerprint density at radius 2 is 1.83 bits per heavy atom. The van der Waals surface area contributed by atoms with E-state index in [2.05, 4.69) is 10.2 Å². The van der Waals surface area contributed by atoms with Gasteiger partial charge in [-0.05, 0) is 30.3 Å². The molecule has 1 aliphatic rings. The number of rotatable bonds is 4. The number of benzene rings is 2. The van der Waals surface area contributed by atoms with Crippen molar-refractivity contribution in [3.05, 3.63) is 67.9 Å². The van der Waals surface area contributed by atoms with Crippen LogP contribution in [0.3, 0.4) is 0 Å². The third-order valence-electron chi connectivity index (χ3n) is 4.10. The van der Waals surface area contributed by atoms with Gasteiger partial charge < -0.3 is 4.74 Å². The van der Waals surface area contributed by atoms with Gasteiger partial charge in [0, 0.05) is 22.4 Å². The third-order valence-corrected chi connectivity index (χ3v) is 6.29. The van der Waals surface area contributed by atoms with Gasteiger partial charge in [0.25, 0.3) is 5.91 Å². The van der Waals surface area contributed by atoms with Gasteiger partial charge in [0.1, 0.15) is 12.4 Å². The van der Waals surface area contributed by atoms with E-state index in [9.17, 15) is 4.79 Å². The van der Waals surface area contributed by atoms with Gasteiger partial charge in [0.15, 0.2) is 5.82 Å². The van der Waals surface area contributed by atoms with Gasteiger partial charge in [-0.2, -0.15) is 0 Å². The molecule has 2 heterocycles. The van der Waals surface area contributed by atoms with Gasteiger partial charge in [0.05, 0.1) is 21.6 Å². The summed E-state index contributed by atoms with van der Waals surface area (Å²) in [5, 5.41) is 12.1. The molecule has 0 aliphatic carbocycles. The molecule has 0 unspecified atom stereocenters. The highest BCUT2D eigenvalue weighted by Crippen LogP contribution is 2.30. The fourth-order valence-corrected chi connectivity index (χ4v) is 4.25. The molecule has 0 radical (unpaired) electrons. The molecule has 11 heteroatoms. The van der Waals surface area contributed by atoms with Crippen LogP contribution in [0.2, 0.25) is 20.1 Å². The SMILES string of the molecule is O=C(c1ccc(Cl)c(Cl)c1)N1CCSc2nnc(COc3cc(Cl)ccc3Cl)n21. The Labute approximate surface area is 190 Å². The van der Waals surface area contributed by atoms with Gasteiger partial charge >= 0.3 is 0 Å². The second kappa shape index (κ2) is 8.62. The van der Waals surface area contributed by atoms with E-state index in [-0.39, 0.29) is 12.5 Å². The van der Waals surface area contributed by atoms with Crippen LogP contribution in [-0.4, -0.2) is 33.1 Å². The number of thioether (sulfide) groups is 1. The van der Waals surface area contributed by atoms with E-state index in [1.165, 1.54) is 11.8 Å². The molecular formula is C18H12Cl4N4O2S. The molecule has 4 rings (SSSR count). The second-order valence-electron chi connectivity index (χ2n) is 5.98. The lowest BCUT2D eigenvalue weighted by molar-refractivity contribution is 0.0953. The van der Waals surface area contributed by atoms with Crippen molar-refractivity contribution in [2.75, 3.05) is 17.3 Å². The number of hydrogen-bond acceptors (Lipinski definition) is 5. The molecule has 0 bridgehead atoms. The average molecular weight is 490 g/mol. The summed E-state index contributed by atoms with van der Waals surface area (Å²) in [4.78, 5) is 13.1. The van der Waals surface area contributed by atoms with Crippen LogP contribution in [0, 0.1) is 0 Å². The van der Waals surface area contributed by atoms with Crippen molar-refractivity contribution in [2.45, 2.75) is 11.8 Å². The zero-order valence-electron chi connectivity index (χ0n) is 14.6. The predicted octanol–water partition coefficient (Wildman–Crippen LogP) is 5.35. The van der Waals surface area contributed by atoms with E-state index in [1.54, 1.807) is 46.1 Å². The van der Waals surface area contributed by atoms with E-state index >= 15 is 0 Å². The summed E-state index contributed by atoms with van der Waals surface area (Å²) in [5.74, 6) is 1.32. The predicted molar refractivity (Wildman–Crippen MR) is 115 cm³/mol. The quantitative estimate of drug-likeness (QED) is 0.494. The minimum absolute atomic E-state index is 0.0543. The largest absolute Gasteiger partial charge is 0.484 e. The van der Waals surface area contributed by atoms with E-state index < -0.39 is 0 Å². The number of halogens is 4. The molecule has 150 valence electrons. The molecule has 1 amide bonds. The Kier molecular flexibility index (Phi) is 6.13. The number of nitrogens with zero attached hydrogens (tertiary/aromatic N) is 4. The Bertz CT molecular complexity index is 1090. The lowest BCUT2D eigenvalue weighted by atomic mass is 10.2. The van der Waals surface area contributed by atoms with Crippen LogP contribution < -0.4 is 9.75 Å². The molecule has 0 N–H and O–H groups in total. The van der Waals surface area contributed by atoms with Crippen LogP contribution in [0.4, 0.5) is 0 Å². The average Bonchev–Trinajstić information content (AvgIpc) is 3.13. The number of ether oxygens (including phenoxy) is 1. The zero-order valence-corrected chi connectivity index (χ0v) is 18.5. The van der Waals surface area contributed by atoms with Crippen molar-refractivity contribution in [3.8, 4) is 5.75 Å². The summed E-state index contributed by atoms with van der Waals surface area (Å²) in [7, 11) is 0. The minimum Gasteiger partial charge on any atom is -0.484 e. The van der Waals surface area contributed by atoms with Crippen LogP contribution >= 0.6 is 58.2 Å². The highest BCUT2D eigenvalue weighted by molar-refractivity contribution is 7.99. The summed E-state index contributed by atoms with van der Waals surface area (Å²) in [6.45, 7) is 0.526. The first kappa shape index (κ1) is 20.6. The van der Waals surface area contributed by atoms with Crippen molar-refractivity contribution in [3.63, 3.8) is 0 Å². The number of carbonyl (C=O) groups is 1. The summed E-state index contributed by atoms with van der Waals surface area (Å²) < 4.78 is 7.42. The van der Waals surface area contributed by atoms with Crippen LogP contribution in [0.25, 0.3) is 0 Å². The van der Waals surface area contributed by atoms with Gasteiger partial charge in [0.2, 0.25) is 5.16 Å². The molecule has 0 saturated heterocycles. The first-order valence-electron chi connectivity index (χ1n) is 8.36. The number of hydrogen-bond donors (Lipinski definition) is 0. The number of aromatic nitrogens is 3. The summed E-state index contributed by atoms with van der Waals surface area (Å²) >= 11 is 25.7. The summed E-state index contributed by atoms with van der Waals surface area (Å²) in [6, 6.07) is 9.70. The maximum atomic E-state index is 13.1. The maximum absolute atomic E-state index is 13.1. The minimum atomic E-state index is -0.244. The molecule has 1 aliphatic heterocycles. The van der Waals surface area contributed by atoms with Crippen LogP contribution in [-0.2, 0) is 6.61 Å². The molecular weight excluding hydrogens is 478 g/mol. The second-order valence-corrected chi connectivity index (χ2v) is 8.70. The molecule has 0 spiro atoms. The Balaban J connectivity index is 1.61. The monoisotopic (exact) mass is 488 g/mol. The van der Waals surface area contributed by atoms with Crippen molar-refractivity contribution < 1.29 is 9.53 Å². The van der Waals surface area contributed by atoms with E-state index in [1.807, 2.05) is 0 Å². The van der Waals surface area contributed by atoms with Crippen molar-refractivity contribution >= 4 is 64.1 Å². The lowest BCUT2D eigenvalue weighted by Gasteiger charge is -2.29. The maximum Gasteiger partial charge on any atom is 0.272 e. The highest BCUT2D eigenvalue weighted by Gasteiger charge is 2.28. The molecule has 0 atom stereocenters. The van der Waals surface area contributed by atoms with E-state index in [4.69, 9.17) is 51.1 Å². The third kappa shape index (κ3) is 4.29. The topological polar surface area (TPSA) is 60.3 Å². The van der Waals surface area contributed by atoms with E-state index in [0.29, 0.717) is 54.7 Å². The van der Waals surface area contributed by atoms with Gasteiger partial charge in [-0.3, -0.25) is 4.79 Å². The van der Waals surface area contributed by atoms with Crippen LogP contribution in [0.15, 0.2) is 41.6 Å². The first-order chi connectivity index (χ1) is 13.9.